The van der Waals surface area contributed by atoms with E-state index in [1.807, 2.05) is 37.5 Å². The third-order valence-electron chi connectivity index (χ3n) is 3.89. The number of hydrazone groups is 1. The van der Waals surface area contributed by atoms with Gasteiger partial charge in [-0.25, -0.2) is 5.43 Å². The summed E-state index contributed by atoms with van der Waals surface area (Å²) in [7, 11) is 0. The van der Waals surface area contributed by atoms with Crippen LogP contribution in [0.3, 0.4) is 0 Å². The van der Waals surface area contributed by atoms with Crippen molar-refractivity contribution >= 4 is 18.0 Å². The van der Waals surface area contributed by atoms with Crippen LogP contribution in [0.2, 0.25) is 0 Å². The first-order valence-electron chi connectivity index (χ1n) is 8.22. The molecule has 2 N–H and O–H groups in total. The minimum Gasteiger partial charge on any atom is -0.467 e. The van der Waals surface area contributed by atoms with E-state index in [4.69, 9.17) is 8.94 Å². The molecular formula is C18H19N5O4. The Balaban J connectivity index is 1.61. The number of furan rings is 1. The molecular weight excluding hydrogens is 350 g/mol. The lowest BCUT2D eigenvalue weighted by atomic mass is 10.3. The molecule has 3 aromatic rings. The van der Waals surface area contributed by atoms with Crippen molar-refractivity contribution in [3.05, 3.63) is 59.0 Å². The van der Waals surface area contributed by atoms with E-state index in [1.54, 1.807) is 12.1 Å². The topological polar surface area (TPSA) is 115 Å². The third kappa shape index (κ3) is 4.14. The maximum atomic E-state index is 11.8. The van der Waals surface area contributed by atoms with Crippen molar-refractivity contribution in [3.8, 4) is 5.82 Å². The Labute approximate surface area is 155 Å². The normalized spacial score (nSPS) is 11.1. The summed E-state index contributed by atoms with van der Waals surface area (Å²) in [4.78, 5) is 23.5. The average Bonchev–Trinajstić information content (AvgIpc) is 3.35. The van der Waals surface area contributed by atoms with Gasteiger partial charge in [0.05, 0.1) is 19.0 Å². The van der Waals surface area contributed by atoms with Crippen LogP contribution >= 0.6 is 0 Å². The van der Waals surface area contributed by atoms with Crippen LogP contribution in [0.5, 0.6) is 0 Å². The molecule has 0 radical (unpaired) electrons. The molecule has 9 nitrogen and oxygen atoms in total. The Hall–Kier alpha value is -3.62. The zero-order chi connectivity index (χ0) is 19.4. The fourth-order valence-electron chi connectivity index (χ4n) is 2.60. The number of rotatable bonds is 5. The smallest absolute Gasteiger partial charge is 0.329 e. The number of hydrogen-bond donors (Lipinski definition) is 2. The van der Waals surface area contributed by atoms with E-state index >= 15 is 0 Å². The Morgan fingerprint density at radius 2 is 2.07 bits per heavy atom. The molecule has 3 rings (SSSR count). The number of aromatic nitrogens is 2. The van der Waals surface area contributed by atoms with Gasteiger partial charge in [0.1, 0.15) is 11.5 Å². The summed E-state index contributed by atoms with van der Waals surface area (Å²) >= 11 is 0. The van der Waals surface area contributed by atoms with Crippen LogP contribution in [0.1, 0.15) is 28.5 Å². The molecule has 0 spiro atoms. The largest absolute Gasteiger partial charge is 0.467 e. The number of nitrogens with one attached hydrogen (secondary N) is 2. The van der Waals surface area contributed by atoms with Crippen LogP contribution in [-0.2, 0) is 16.1 Å². The van der Waals surface area contributed by atoms with Crippen molar-refractivity contribution < 1.29 is 18.5 Å². The van der Waals surface area contributed by atoms with Gasteiger partial charge < -0.3 is 14.3 Å². The SMILES string of the molecule is Cc1cc(-n2c(C)cc(/C=N\NC(=O)C(=O)NCc3ccco3)c2C)no1. The van der Waals surface area contributed by atoms with Gasteiger partial charge in [0.15, 0.2) is 5.82 Å². The minimum absolute atomic E-state index is 0.126. The number of hydrogen-bond acceptors (Lipinski definition) is 6. The molecule has 0 aliphatic carbocycles. The van der Waals surface area contributed by atoms with E-state index in [0.717, 1.165) is 17.0 Å². The maximum absolute atomic E-state index is 11.8. The molecule has 0 fully saturated rings. The van der Waals surface area contributed by atoms with Crippen LogP contribution in [-0.4, -0.2) is 27.8 Å². The summed E-state index contributed by atoms with van der Waals surface area (Å²) in [5.41, 5.74) is 4.80. The predicted octanol–water partition coefficient (Wildman–Crippen LogP) is 1.75. The Kier molecular flexibility index (Phi) is 5.20. The molecule has 3 heterocycles. The van der Waals surface area contributed by atoms with Crippen LogP contribution < -0.4 is 10.7 Å². The van der Waals surface area contributed by atoms with Crippen molar-refractivity contribution in [1.29, 1.82) is 0 Å². The summed E-state index contributed by atoms with van der Waals surface area (Å²) in [6.07, 6.45) is 2.96. The van der Waals surface area contributed by atoms with Crippen LogP contribution in [0, 0.1) is 20.8 Å². The van der Waals surface area contributed by atoms with Gasteiger partial charge in [-0.15, -0.1) is 0 Å². The fraction of sp³-hybridized carbons (Fsp3) is 0.222. The van der Waals surface area contributed by atoms with E-state index in [9.17, 15) is 9.59 Å². The standard InChI is InChI=1S/C18H19N5O4/c1-11-7-14(13(3)23(11)16-8-12(2)27-22-16)9-20-21-18(25)17(24)19-10-15-5-4-6-26-15/h4-9H,10H2,1-3H3,(H,19,24)(H,21,25)/b20-9-. The van der Waals surface area contributed by atoms with Gasteiger partial charge in [0.2, 0.25) is 0 Å². The molecule has 0 aliphatic heterocycles. The second-order valence-corrected chi connectivity index (χ2v) is 5.92. The van der Waals surface area contributed by atoms with E-state index in [0.29, 0.717) is 17.3 Å². The number of aryl methyl sites for hydroxylation is 2. The van der Waals surface area contributed by atoms with E-state index in [2.05, 4.69) is 21.0 Å². The highest BCUT2D eigenvalue weighted by molar-refractivity contribution is 6.35. The Morgan fingerprint density at radius 1 is 1.26 bits per heavy atom. The molecule has 3 aromatic heterocycles. The second kappa shape index (κ2) is 7.73. The molecule has 2 amide bonds. The van der Waals surface area contributed by atoms with E-state index in [1.165, 1.54) is 12.5 Å². The highest BCUT2D eigenvalue weighted by Crippen LogP contribution is 2.19. The minimum atomic E-state index is -0.862. The molecule has 0 aliphatic rings. The number of carbonyl (C=O) groups excluding carboxylic acids is 2. The van der Waals surface area contributed by atoms with Crippen LogP contribution in [0.25, 0.3) is 5.82 Å². The van der Waals surface area contributed by atoms with Crippen molar-refractivity contribution in [3.63, 3.8) is 0 Å². The first-order chi connectivity index (χ1) is 13.0. The maximum Gasteiger partial charge on any atom is 0.329 e. The van der Waals surface area contributed by atoms with Crippen molar-refractivity contribution in [2.45, 2.75) is 27.3 Å². The number of carbonyl (C=O) groups is 2. The van der Waals surface area contributed by atoms with Crippen LogP contribution in [0.4, 0.5) is 0 Å². The summed E-state index contributed by atoms with van der Waals surface area (Å²) < 4.78 is 12.1. The van der Waals surface area contributed by atoms with Gasteiger partial charge in [-0.3, -0.25) is 14.2 Å². The van der Waals surface area contributed by atoms with Gasteiger partial charge in [-0.2, -0.15) is 5.10 Å². The second-order valence-electron chi connectivity index (χ2n) is 5.92. The molecule has 0 aromatic carbocycles. The summed E-state index contributed by atoms with van der Waals surface area (Å²) in [6.45, 7) is 5.77. The zero-order valence-electron chi connectivity index (χ0n) is 15.1. The fourth-order valence-corrected chi connectivity index (χ4v) is 2.60. The van der Waals surface area contributed by atoms with Crippen molar-refractivity contribution in [1.82, 2.24) is 20.5 Å². The van der Waals surface area contributed by atoms with Crippen molar-refractivity contribution in [2.75, 3.05) is 0 Å². The highest BCUT2D eigenvalue weighted by Gasteiger charge is 2.14. The first-order valence-corrected chi connectivity index (χ1v) is 8.22. The van der Waals surface area contributed by atoms with E-state index < -0.39 is 11.8 Å². The number of nitrogens with zero attached hydrogens (tertiary/aromatic N) is 3. The van der Waals surface area contributed by atoms with Gasteiger partial charge in [-0.1, -0.05) is 5.16 Å². The van der Waals surface area contributed by atoms with Gasteiger partial charge in [0, 0.05) is 23.0 Å². The first kappa shape index (κ1) is 18.2. The summed E-state index contributed by atoms with van der Waals surface area (Å²) in [5, 5.41) is 10.3. The van der Waals surface area contributed by atoms with Gasteiger partial charge >= 0.3 is 11.8 Å². The quantitative estimate of drug-likeness (QED) is 0.404. The molecule has 27 heavy (non-hydrogen) atoms. The molecule has 0 unspecified atom stereocenters. The number of amides is 2. The third-order valence-corrected chi connectivity index (χ3v) is 3.89. The van der Waals surface area contributed by atoms with Crippen molar-refractivity contribution in [2.24, 2.45) is 5.10 Å². The lowest BCUT2D eigenvalue weighted by molar-refractivity contribution is -0.139. The van der Waals surface area contributed by atoms with Gasteiger partial charge in [-0.05, 0) is 39.0 Å². The summed E-state index contributed by atoms with van der Waals surface area (Å²) in [5.74, 6) is 0.269. The molecule has 0 saturated carbocycles. The lowest BCUT2D eigenvalue weighted by Gasteiger charge is -2.04. The molecule has 9 heteroatoms. The molecule has 0 saturated heterocycles. The Morgan fingerprint density at radius 3 is 2.74 bits per heavy atom. The van der Waals surface area contributed by atoms with Crippen LogP contribution in [0.15, 0.2) is 44.6 Å². The molecule has 0 atom stereocenters. The zero-order valence-corrected chi connectivity index (χ0v) is 15.1. The average molecular weight is 369 g/mol. The predicted molar refractivity (Wildman–Crippen MR) is 96.3 cm³/mol. The molecule has 140 valence electrons. The highest BCUT2D eigenvalue weighted by atomic mass is 16.5. The van der Waals surface area contributed by atoms with Gasteiger partial charge in [0.25, 0.3) is 0 Å². The lowest BCUT2D eigenvalue weighted by Crippen LogP contribution is -2.37. The molecule has 0 bridgehead atoms. The van der Waals surface area contributed by atoms with E-state index in [-0.39, 0.29) is 6.54 Å². The monoisotopic (exact) mass is 369 g/mol. The summed E-state index contributed by atoms with van der Waals surface area (Å²) in [6, 6.07) is 7.11. The Bertz CT molecular complexity index is 982.